The maximum absolute atomic E-state index is 13.3. The Hall–Kier alpha value is -3.00. The molecule has 8 heteroatoms. The van der Waals surface area contributed by atoms with Crippen LogP contribution in [-0.4, -0.2) is 43.5 Å². The van der Waals surface area contributed by atoms with Gasteiger partial charge in [-0.2, -0.15) is 0 Å². The van der Waals surface area contributed by atoms with Crippen molar-refractivity contribution in [2.75, 3.05) is 25.0 Å². The second kappa shape index (κ2) is 9.27. The zero-order valence-electron chi connectivity index (χ0n) is 15.2. The summed E-state index contributed by atoms with van der Waals surface area (Å²) in [4.78, 5) is 24.4. The molecule has 2 amide bonds. The molecule has 0 radical (unpaired) electrons. The van der Waals surface area contributed by atoms with Gasteiger partial charge < -0.3 is 21.3 Å². The SMILES string of the molecule is O=C(NC1CNC(C(=O)NCCNc2ccccc2)C1)c1ccc(F)c(F)c1. The maximum atomic E-state index is 13.3. The Balaban J connectivity index is 1.39. The molecular formula is C20H22F2N4O2. The lowest BCUT2D eigenvalue weighted by atomic mass is 10.1. The third kappa shape index (κ3) is 5.26. The quantitative estimate of drug-likeness (QED) is 0.544. The van der Waals surface area contributed by atoms with Gasteiger partial charge >= 0.3 is 0 Å². The van der Waals surface area contributed by atoms with Crippen LogP contribution in [-0.2, 0) is 4.79 Å². The van der Waals surface area contributed by atoms with Gasteiger partial charge in [-0.3, -0.25) is 9.59 Å². The fourth-order valence-electron chi connectivity index (χ4n) is 3.02. The number of halogens is 2. The topological polar surface area (TPSA) is 82.3 Å². The Morgan fingerprint density at radius 3 is 2.57 bits per heavy atom. The lowest BCUT2D eigenvalue weighted by Gasteiger charge is -2.13. The van der Waals surface area contributed by atoms with Crippen molar-refractivity contribution in [3.8, 4) is 0 Å². The molecule has 2 atom stereocenters. The zero-order chi connectivity index (χ0) is 19.9. The summed E-state index contributed by atoms with van der Waals surface area (Å²) in [7, 11) is 0. The highest BCUT2D eigenvalue weighted by Gasteiger charge is 2.30. The molecule has 4 N–H and O–H groups in total. The van der Waals surface area contributed by atoms with Crippen LogP contribution in [0.1, 0.15) is 16.8 Å². The van der Waals surface area contributed by atoms with E-state index in [0.717, 1.165) is 17.8 Å². The van der Waals surface area contributed by atoms with E-state index in [4.69, 9.17) is 0 Å². The Labute approximate surface area is 161 Å². The van der Waals surface area contributed by atoms with Gasteiger partial charge in [0.2, 0.25) is 5.91 Å². The minimum atomic E-state index is -1.07. The molecule has 0 aliphatic carbocycles. The largest absolute Gasteiger partial charge is 0.383 e. The Morgan fingerprint density at radius 1 is 1.04 bits per heavy atom. The molecule has 0 aromatic heterocycles. The predicted octanol–water partition coefficient (Wildman–Crippen LogP) is 1.65. The highest BCUT2D eigenvalue weighted by molar-refractivity contribution is 5.94. The smallest absolute Gasteiger partial charge is 0.251 e. The van der Waals surface area contributed by atoms with Gasteiger partial charge in [0.25, 0.3) is 5.91 Å². The summed E-state index contributed by atoms with van der Waals surface area (Å²) in [5.74, 6) is -2.71. The van der Waals surface area contributed by atoms with Crippen LogP contribution in [0, 0.1) is 11.6 Å². The van der Waals surface area contributed by atoms with Crippen molar-refractivity contribution in [3.63, 3.8) is 0 Å². The molecule has 2 aromatic carbocycles. The number of amides is 2. The van der Waals surface area contributed by atoms with Crippen molar-refractivity contribution in [1.82, 2.24) is 16.0 Å². The summed E-state index contributed by atoms with van der Waals surface area (Å²) >= 11 is 0. The van der Waals surface area contributed by atoms with E-state index in [-0.39, 0.29) is 17.5 Å². The zero-order valence-corrected chi connectivity index (χ0v) is 15.2. The molecule has 1 heterocycles. The Kier molecular flexibility index (Phi) is 6.54. The number of rotatable bonds is 7. The molecule has 1 aliphatic rings. The molecule has 1 aliphatic heterocycles. The standard InChI is InChI=1S/C20H22F2N4O2/c21-16-7-6-13(10-17(16)22)19(27)26-15-11-18(25-12-15)20(28)24-9-8-23-14-4-2-1-3-5-14/h1-7,10,15,18,23,25H,8-9,11-12H2,(H,24,28)(H,26,27). The maximum Gasteiger partial charge on any atom is 0.251 e. The van der Waals surface area contributed by atoms with Gasteiger partial charge in [0, 0.05) is 36.9 Å². The lowest BCUT2D eigenvalue weighted by molar-refractivity contribution is -0.122. The van der Waals surface area contributed by atoms with E-state index in [1.807, 2.05) is 30.3 Å². The van der Waals surface area contributed by atoms with Gasteiger partial charge in [-0.1, -0.05) is 18.2 Å². The Bertz CT molecular complexity index is 832. The summed E-state index contributed by atoms with van der Waals surface area (Å²) in [6.45, 7) is 1.49. The summed E-state index contributed by atoms with van der Waals surface area (Å²) in [6, 6.07) is 12.0. The Morgan fingerprint density at radius 2 is 1.82 bits per heavy atom. The minimum absolute atomic E-state index is 0.0405. The molecule has 1 saturated heterocycles. The first kappa shape index (κ1) is 19.8. The normalized spacial score (nSPS) is 18.5. The van der Waals surface area contributed by atoms with Crippen molar-refractivity contribution < 1.29 is 18.4 Å². The number of para-hydroxylation sites is 1. The monoisotopic (exact) mass is 388 g/mol. The fourth-order valence-corrected chi connectivity index (χ4v) is 3.02. The highest BCUT2D eigenvalue weighted by atomic mass is 19.2. The molecule has 2 unspecified atom stereocenters. The molecule has 0 saturated carbocycles. The number of anilines is 1. The summed E-state index contributed by atoms with van der Waals surface area (Å²) in [5, 5.41) is 11.8. The number of carbonyl (C=O) groups excluding carboxylic acids is 2. The highest BCUT2D eigenvalue weighted by Crippen LogP contribution is 2.11. The fraction of sp³-hybridized carbons (Fsp3) is 0.300. The van der Waals surface area contributed by atoms with Crippen LogP contribution in [0.5, 0.6) is 0 Å². The van der Waals surface area contributed by atoms with E-state index in [9.17, 15) is 18.4 Å². The molecular weight excluding hydrogens is 366 g/mol. The summed E-state index contributed by atoms with van der Waals surface area (Å²) < 4.78 is 26.2. The van der Waals surface area contributed by atoms with Crippen LogP contribution in [0.15, 0.2) is 48.5 Å². The van der Waals surface area contributed by atoms with Crippen molar-refractivity contribution in [2.24, 2.45) is 0 Å². The van der Waals surface area contributed by atoms with Gasteiger partial charge in [-0.05, 0) is 36.8 Å². The predicted molar refractivity (Wildman–Crippen MR) is 102 cm³/mol. The van der Waals surface area contributed by atoms with E-state index in [2.05, 4.69) is 21.3 Å². The molecule has 0 spiro atoms. The third-order valence-electron chi connectivity index (χ3n) is 4.49. The summed E-state index contributed by atoms with van der Waals surface area (Å²) in [5.41, 5.74) is 1.02. The van der Waals surface area contributed by atoms with Gasteiger partial charge in [0.15, 0.2) is 11.6 Å². The van der Waals surface area contributed by atoms with Gasteiger partial charge in [0.1, 0.15) is 0 Å². The lowest BCUT2D eigenvalue weighted by Crippen LogP contribution is -2.42. The second-order valence-corrected chi connectivity index (χ2v) is 6.58. The number of nitrogens with one attached hydrogen (secondary N) is 4. The molecule has 0 bridgehead atoms. The molecule has 3 rings (SSSR count). The van der Waals surface area contributed by atoms with Gasteiger partial charge in [0.05, 0.1) is 6.04 Å². The van der Waals surface area contributed by atoms with E-state index >= 15 is 0 Å². The van der Waals surface area contributed by atoms with Crippen molar-refractivity contribution in [2.45, 2.75) is 18.5 Å². The third-order valence-corrected chi connectivity index (χ3v) is 4.49. The number of carbonyl (C=O) groups is 2. The van der Waals surface area contributed by atoms with E-state index in [1.165, 1.54) is 6.07 Å². The number of hydrogen-bond donors (Lipinski definition) is 4. The molecule has 2 aromatic rings. The van der Waals surface area contributed by atoms with Crippen molar-refractivity contribution in [3.05, 3.63) is 65.7 Å². The van der Waals surface area contributed by atoms with Crippen LogP contribution >= 0.6 is 0 Å². The van der Waals surface area contributed by atoms with Crippen molar-refractivity contribution in [1.29, 1.82) is 0 Å². The van der Waals surface area contributed by atoms with Crippen LogP contribution in [0.3, 0.4) is 0 Å². The number of benzene rings is 2. The second-order valence-electron chi connectivity index (χ2n) is 6.58. The van der Waals surface area contributed by atoms with E-state index in [0.29, 0.717) is 26.1 Å². The molecule has 6 nitrogen and oxygen atoms in total. The first-order chi connectivity index (χ1) is 13.5. The first-order valence-corrected chi connectivity index (χ1v) is 9.09. The molecule has 148 valence electrons. The van der Waals surface area contributed by atoms with E-state index in [1.54, 1.807) is 0 Å². The first-order valence-electron chi connectivity index (χ1n) is 9.09. The minimum Gasteiger partial charge on any atom is -0.383 e. The van der Waals surface area contributed by atoms with Crippen molar-refractivity contribution >= 4 is 17.5 Å². The van der Waals surface area contributed by atoms with Gasteiger partial charge in [-0.15, -0.1) is 0 Å². The van der Waals surface area contributed by atoms with Crippen LogP contribution in [0.2, 0.25) is 0 Å². The van der Waals surface area contributed by atoms with Crippen LogP contribution in [0.4, 0.5) is 14.5 Å². The average molecular weight is 388 g/mol. The molecule has 28 heavy (non-hydrogen) atoms. The van der Waals surface area contributed by atoms with Gasteiger partial charge in [-0.25, -0.2) is 8.78 Å². The molecule has 1 fully saturated rings. The average Bonchev–Trinajstić information content (AvgIpc) is 3.16. The van der Waals surface area contributed by atoms with E-state index < -0.39 is 23.6 Å². The van der Waals surface area contributed by atoms with Crippen LogP contribution in [0.25, 0.3) is 0 Å². The summed E-state index contributed by atoms with van der Waals surface area (Å²) in [6.07, 6.45) is 0.424. The van der Waals surface area contributed by atoms with Crippen LogP contribution < -0.4 is 21.3 Å². The number of hydrogen-bond acceptors (Lipinski definition) is 4.